The second-order valence-electron chi connectivity index (χ2n) is 35.5. The van der Waals surface area contributed by atoms with Gasteiger partial charge in [-0.05, 0) is 117 Å². The van der Waals surface area contributed by atoms with Crippen molar-refractivity contribution < 1.29 is 96.5 Å². The summed E-state index contributed by atoms with van der Waals surface area (Å²) in [5, 5.41) is 45.9. The number of aromatic nitrogens is 4. The van der Waals surface area contributed by atoms with Crippen LogP contribution < -0.4 is 65.1 Å². The number of aromatic amines is 3. The molecule has 744 valence electrons. The van der Waals surface area contributed by atoms with Crippen molar-refractivity contribution in [3.8, 4) is 5.75 Å². The van der Waals surface area contributed by atoms with E-state index in [1.165, 1.54) is 74.7 Å². The minimum atomic E-state index is -1.80. The second kappa shape index (κ2) is 52.3. The van der Waals surface area contributed by atoms with Crippen molar-refractivity contribution in [2.24, 2.45) is 29.0 Å². The number of amides is 16. The van der Waals surface area contributed by atoms with Gasteiger partial charge in [0.2, 0.25) is 94.5 Å². The molecule has 7 aromatic rings. The van der Waals surface area contributed by atoms with Crippen molar-refractivity contribution in [2.75, 3.05) is 58.8 Å². The smallest absolute Gasteiger partial charge is 0.303 e. The van der Waals surface area contributed by atoms with Gasteiger partial charge in [-0.25, -0.2) is 4.98 Å². The molecule has 0 saturated carbocycles. The van der Waals surface area contributed by atoms with Crippen LogP contribution in [0.25, 0.3) is 21.8 Å². The minimum Gasteiger partial charge on any atom is -0.508 e. The largest absolute Gasteiger partial charge is 0.508 e. The quantitative estimate of drug-likeness (QED) is 0.0327. The molecule has 13 atom stereocenters. The number of hydrogen-bond acceptors (Lipinski definition) is 22. The van der Waals surface area contributed by atoms with Crippen molar-refractivity contribution in [2.45, 2.75) is 229 Å². The number of para-hydroxylation sites is 2. The van der Waals surface area contributed by atoms with Gasteiger partial charge < -0.3 is 115 Å². The van der Waals surface area contributed by atoms with Crippen LogP contribution in [0.4, 0.5) is 0 Å². The predicted octanol–water partition coefficient (Wildman–Crippen LogP) is 1.19. The van der Waals surface area contributed by atoms with Gasteiger partial charge in [-0.1, -0.05) is 132 Å². The maximum Gasteiger partial charge on any atom is 0.303 e. The number of likely N-dealkylation sites (N-methyl/N-ethyl adjacent to an activating group) is 3. The van der Waals surface area contributed by atoms with Crippen LogP contribution >= 0.6 is 11.8 Å². The normalized spacial score (nSPS) is 23.1. The zero-order chi connectivity index (χ0) is 101. The number of carbonyl (C=O) groups excluding carboxylic acids is 17. The van der Waals surface area contributed by atoms with Crippen LogP contribution in [0, 0.1) is 11.8 Å². The molecular weight excluding hydrogens is 1800 g/mol. The molecule has 3 aromatic heterocycles. The van der Waals surface area contributed by atoms with Crippen LogP contribution in [-0.4, -0.2) is 292 Å². The highest BCUT2D eigenvalue weighted by molar-refractivity contribution is 8.00. The number of rotatable bonds is 28. The van der Waals surface area contributed by atoms with Gasteiger partial charge in [-0.3, -0.25) is 86.3 Å². The van der Waals surface area contributed by atoms with Crippen molar-refractivity contribution in [1.82, 2.24) is 92.3 Å². The third kappa shape index (κ3) is 31.0. The number of carboxylic acid groups (broad SMARTS) is 1. The van der Waals surface area contributed by atoms with Gasteiger partial charge in [0.15, 0.2) is 5.78 Å². The van der Waals surface area contributed by atoms with Crippen LogP contribution in [0.2, 0.25) is 0 Å². The van der Waals surface area contributed by atoms with E-state index in [1.54, 1.807) is 93.0 Å². The summed E-state index contributed by atoms with van der Waals surface area (Å²) in [6.45, 7) is 6.37. The number of ketones is 1. The highest BCUT2D eigenvalue weighted by Crippen LogP contribution is 2.28. The molecule has 0 spiro atoms. The Bertz CT molecular complexity index is 5440. The lowest BCUT2D eigenvalue weighted by Crippen LogP contribution is -2.60. The molecule has 16 amide bonds. The van der Waals surface area contributed by atoms with E-state index in [9.17, 15) is 58.2 Å². The lowest BCUT2D eigenvalue weighted by atomic mass is 9.92. The molecule has 9 rings (SSSR count). The number of aromatic hydroxyl groups is 1. The maximum absolute atomic E-state index is 15.9. The number of thioether (sulfide) groups is 1. The lowest BCUT2D eigenvalue weighted by molar-refractivity contribution is -0.149. The first-order valence-corrected chi connectivity index (χ1v) is 47.6. The number of unbranched alkanes of at least 4 members (excludes halogenated alkanes) is 2. The highest BCUT2D eigenvalue weighted by atomic mass is 32.2. The first-order chi connectivity index (χ1) is 65.9. The Morgan fingerprint density at radius 2 is 1.12 bits per heavy atom. The number of H-pyrrole nitrogens is 3. The SMILES string of the molecule is CCCC[C@H]1C(=O)N(C)[C@@H](CCCC)C(=O)N[C@@H](CC(C)C)C(=O)N[C@H](C(=O)NCC(N)=O)CSCC(=O)N[C@@H](Cc2ccc(O)cc2)C(=O)N(C)[C@@H](C)C(=O)N[C@@H](CC(N)=O)C(=O)N2CCC[C@H]2C(=O)N[C@@H](Cc2cnc[nH]2)C(=O)N[C@@H](CCC(=O)O)C(=O)N(Cc2ccccc2)CC(=O)C[C@@H](Cc2c[nH]c3ccccc23)C(=O)N[C@@H](CCN)C(=O)N[C@@H](Cc2c[nH]c3ccccc23)C(=O)N1C. The Morgan fingerprint density at radius 3 is 1.74 bits per heavy atom. The third-order valence-corrected chi connectivity index (χ3v) is 25.6. The molecule has 2 aliphatic heterocycles. The molecule has 0 bridgehead atoms. The average Bonchev–Trinajstić information content (AvgIpc) is 1.53. The monoisotopic (exact) mass is 1930 g/mol. The summed E-state index contributed by atoms with van der Waals surface area (Å²) in [7, 11) is 4.00. The Labute approximate surface area is 803 Å². The van der Waals surface area contributed by atoms with Gasteiger partial charge in [-0.2, -0.15) is 0 Å². The van der Waals surface area contributed by atoms with Gasteiger partial charge in [0.05, 0.1) is 31.6 Å². The number of phenolic OH excluding ortho intramolecular Hbond substituents is 1. The van der Waals surface area contributed by atoms with Crippen molar-refractivity contribution in [1.29, 1.82) is 0 Å². The zero-order valence-electron chi connectivity index (χ0n) is 79.0. The zero-order valence-corrected chi connectivity index (χ0v) is 79.8. The summed E-state index contributed by atoms with van der Waals surface area (Å²) in [6.07, 6.45) is 3.81. The fraction of sp³-hybridized carbons (Fsp3) is 0.490. The highest BCUT2D eigenvalue weighted by Gasteiger charge is 2.44. The Balaban J connectivity index is 1.12. The van der Waals surface area contributed by atoms with E-state index in [0.29, 0.717) is 69.7 Å². The van der Waals surface area contributed by atoms with Crippen LogP contribution in [0.15, 0.2) is 128 Å². The van der Waals surface area contributed by atoms with Gasteiger partial charge in [0.1, 0.15) is 78.3 Å². The Kier molecular flexibility index (Phi) is 40.8. The van der Waals surface area contributed by atoms with Gasteiger partial charge in [-0.15, -0.1) is 11.8 Å². The number of primary amides is 2. The summed E-state index contributed by atoms with van der Waals surface area (Å²) >= 11 is 0.793. The molecule has 138 heavy (non-hydrogen) atoms. The van der Waals surface area contributed by atoms with Crippen LogP contribution in [0.3, 0.4) is 0 Å². The van der Waals surface area contributed by atoms with Gasteiger partial charge >= 0.3 is 5.97 Å². The number of aliphatic carboxylic acids is 1. The minimum absolute atomic E-state index is 0.0354. The summed E-state index contributed by atoms with van der Waals surface area (Å²) in [5.74, 6) is -19.5. The van der Waals surface area contributed by atoms with Gasteiger partial charge in [0, 0.05) is 124 Å². The summed E-state index contributed by atoms with van der Waals surface area (Å²) in [6, 6.07) is 9.89. The molecule has 2 aliphatic rings. The van der Waals surface area contributed by atoms with E-state index >= 15 is 38.4 Å². The fourth-order valence-electron chi connectivity index (χ4n) is 16.9. The Hall–Kier alpha value is -14.1. The number of carbonyl (C=O) groups is 18. The molecule has 2 saturated heterocycles. The van der Waals surface area contributed by atoms with E-state index in [1.807, 2.05) is 26.0 Å². The maximum atomic E-state index is 15.9. The molecule has 0 radical (unpaired) electrons. The van der Waals surface area contributed by atoms with E-state index in [0.717, 1.165) is 26.5 Å². The number of carboxylic acids is 1. The molecule has 2 fully saturated rings. The number of fused-ring (bicyclic) bond motifs is 3. The first kappa shape index (κ1) is 108. The second-order valence-corrected chi connectivity index (χ2v) is 36.5. The fourth-order valence-corrected chi connectivity index (χ4v) is 17.8. The molecule has 5 heterocycles. The van der Waals surface area contributed by atoms with E-state index in [-0.39, 0.29) is 101 Å². The Morgan fingerprint density at radius 1 is 0.551 bits per heavy atom. The average molecular weight is 1930 g/mol. The number of benzene rings is 4. The van der Waals surface area contributed by atoms with Crippen LogP contribution in [0.5, 0.6) is 5.75 Å². The standard InChI is InChI=1S/C96H129N21O20S/c1-9-11-27-77-90(131)108-71(39-55(3)4)88(129)112-76(86(127)103-49-81(99)121)52-138-53-82(122)105-73(40-57-30-32-63(118)33-31-57)92(133)113(6)56(5)84(125)110-75(45-80(98)120)95(136)117-38-20-29-78(117)91(132)109-72(44-62-48-100-54-104-62)89(130)107-70(34-35-83(123)124)94(135)116(50-58-21-14-13-15-22-58)51-64(119)42-59(41-60-46-101-67-25-18-16-23-65(60)67)85(126)106-69(36-37-97)87(128)111-74(43-61-47-102-68-26-19-17-24-66(61)68)93(134)115(8)79(28-12-10-2)96(137)114(77)7/h13-19,21-26,30-33,46-48,54-56,59,69-79,101-102,118H,9-12,20,27-29,34-45,49-53,97H2,1-8H3,(H2,98,120)(H2,99,121)(H,100,104)(H,103,127)(H,105,122)(H,106,126)(H,107,130)(H,108,131)(H,109,132)(H,110,125)(H,111,128)(H,112,129)(H,123,124)/t56-,59+,69-,70-,71-,72-,73-,74-,75-,76-,77-,78-,79-/m0/s1. The number of nitrogens with zero attached hydrogens (tertiary/aromatic N) is 6. The van der Waals surface area contributed by atoms with Crippen LogP contribution in [0.1, 0.15) is 152 Å². The number of Topliss-reactive ketones (excluding diaryl/α,β-unsaturated/α-hetero) is 1. The molecule has 42 heteroatoms. The number of nitrogens with two attached hydrogens (primary N) is 3. The number of nitrogens with one attached hydrogen (secondary N) is 12. The molecule has 20 N–H and O–H groups in total. The number of imidazole rings is 1. The van der Waals surface area contributed by atoms with E-state index < -0.39 is 235 Å². The molecule has 4 aromatic carbocycles. The molecule has 0 aliphatic carbocycles. The van der Waals surface area contributed by atoms with Crippen molar-refractivity contribution in [3.05, 3.63) is 156 Å². The lowest BCUT2D eigenvalue weighted by Gasteiger charge is -2.36. The first-order valence-electron chi connectivity index (χ1n) is 46.4. The molecular formula is C96H129N21O20S. The van der Waals surface area contributed by atoms with Gasteiger partial charge in [0.25, 0.3) is 0 Å². The summed E-state index contributed by atoms with van der Waals surface area (Å²) < 4.78 is 0. The van der Waals surface area contributed by atoms with Crippen molar-refractivity contribution >= 4 is 140 Å². The summed E-state index contributed by atoms with van der Waals surface area (Å²) in [4.78, 5) is 283. The third-order valence-electron chi connectivity index (χ3n) is 24.5. The number of phenols is 1. The molecule has 41 nitrogen and oxygen atoms in total. The van der Waals surface area contributed by atoms with Crippen molar-refractivity contribution in [3.63, 3.8) is 0 Å². The predicted molar refractivity (Wildman–Crippen MR) is 511 cm³/mol. The van der Waals surface area contributed by atoms with E-state index in [2.05, 4.69) is 67.8 Å². The van der Waals surface area contributed by atoms with Crippen LogP contribution in [-0.2, 0) is 119 Å². The number of hydrogen-bond donors (Lipinski definition) is 17. The summed E-state index contributed by atoms with van der Waals surface area (Å²) in [5.41, 5.74) is 21.1. The molecule has 0 unspecified atom stereocenters. The topological polar surface area (TPSA) is 611 Å². The van der Waals surface area contributed by atoms with E-state index in [4.69, 9.17) is 17.2 Å².